The number of carbonyl (C=O) groups excluding carboxylic acids is 1. The molecule has 1 aliphatic heterocycles. The molecule has 0 unspecified atom stereocenters. The van der Waals surface area contributed by atoms with Gasteiger partial charge in [-0.3, -0.25) is 9.69 Å². The van der Waals surface area contributed by atoms with Gasteiger partial charge in [0.05, 0.1) is 0 Å². The lowest BCUT2D eigenvalue weighted by atomic mass is 9.95. The third-order valence-corrected chi connectivity index (χ3v) is 5.34. The summed E-state index contributed by atoms with van der Waals surface area (Å²) in [4.78, 5) is 14.8. The van der Waals surface area contributed by atoms with E-state index in [0.717, 1.165) is 45.4 Å². The molecule has 130 valence electrons. The Bertz CT molecular complexity index is 544. The summed E-state index contributed by atoms with van der Waals surface area (Å²) in [5, 5.41) is 3.17. The molecule has 0 saturated carbocycles. The zero-order chi connectivity index (χ0) is 16.6. The van der Waals surface area contributed by atoms with E-state index in [1.165, 1.54) is 31.2 Å². The zero-order valence-electron chi connectivity index (χ0n) is 14.7. The van der Waals surface area contributed by atoms with Crippen LogP contribution in [0.25, 0.3) is 0 Å². The van der Waals surface area contributed by atoms with E-state index in [2.05, 4.69) is 46.6 Å². The van der Waals surface area contributed by atoms with Gasteiger partial charge in [0.2, 0.25) is 5.91 Å². The van der Waals surface area contributed by atoms with Crippen LogP contribution in [0, 0.1) is 5.92 Å². The molecule has 0 spiro atoms. The predicted octanol–water partition coefficient (Wildman–Crippen LogP) is 3.91. The third-order valence-electron chi connectivity index (χ3n) is 5.34. The molecule has 24 heavy (non-hydrogen) atoms. The molecule has 3 heteroatoms. The Balaban J connectivity index is 1.35. The quantitative estimate of drug-likeness (QED) is 0.804. The summed E-state index contributed by atoms with van der Waals surface area (Å²) < 4.78 is 0. The second kappa shape index (κ2) is 9.03. The molecule has 1 aromatic carbocycles. The fourth-order valence-electron chi connectivity index (χ4n) is 3.82. The Morgan fingerprint density at radius 1 is 1.12 bits per heavy atom. The number of benzene rings is 1. The van der Waals surface area contributed by atoms with Crippen LogP contribution in [0.1, 0.15) is 50.5 Å². The van der Waals surface area contributed by atoms with Crippen molar-refractivity contribution in [3.63, 3.8) is 0 Å². The van der Waals surface area contributed by atoms with E-state index >= 15 is 0 Å². The highest BCUT2D eigenvalue weighted by molar-refractivity contribution is 5.78. The van der Waals surface area contributed by atoms with E-state index in [1.54, 1.807) is 5.57 Å². The molecule has 1 saturated heterocycles. The Morgan fingerprint density at radius 2 is 1.92 bits per heavy atom. The SMILES string of the molecule is O=C(NCCC1=CCCCC1)C1CCN(Cc2ccccc2)CC1. The lowest BCUT2D eigenvalue weighted by molar-refractivity contribution is -0.126. The van der Waals surface area contributed by atoms with Crippen molar-refractivity contribution in [2.24, 2.45) is 5.92 Å². The molecule has 3 nitrogen and oxygen atoms in total. The van der Waals surface area contributed by atoms with Crippen molar-refractivity contribution in [1.29, 1.82) is 0 Å². The van der Waals surface area contributed by atoms with Crippen LogP contribution in [0.3, 0.4) is 0 Å². The highest BCUT2D eigenvalue weighted by atomic mass is 16.1. The second-order valence-corrected chi connectivity index (χ2v) is 7.19. The summed E-state index contributed by atoms with van der Waals surface area (Å²) in [5.41, 5.74) is 2.90. The highest BCUT2D eigenvalue weighted by Crippen LogP contribution is 2.21. The lowest BCUT2D eigenvalue weighted by Gasteiger charge is -2.31. The van der Waals surface area contributed by atoms with Crippen molar-refractivity contribution >= 4 is 5.91 Å². The van der Waals surface area contributed by atoms with Gasteiger partial charge in [-0.05, 0) is 63.6 Å². The maximum absolute atomic E-state index is 12.4. The smallest absolute Gasteiger partial charge is 0.223 e. The molecule has 1 aromatic rings. The minimum absolute atomic E-state index is 0.206. The Morgan fingerprint density at radius 3 is 2.62 bits per heavy atom. The van der Waals surface area contributed by atoms with Gasteiger partial charge < -0.3 is 5.32 Å². The fourth-order valence-corrected chi connectivity index (χ4v) is 3.82. The van der Waals surface area contributed by atoms with Gasteiger partial charge in [-0.25, -0.2) is 0 Å². The zero-order valence-corrected chi connectivity index (χ0v) is 14.7. The minimum Gasteiger partial charge on any atom is -0.356 e. The summed E-state index contributed by atoms with van der Waals surface area (Å²) in [6, 6.07) is 10.6. The van der Waals surface area contributed by atoms with Crippen molar-refractivity contribution in [2.45, 2.75) is 51.5 Å². The molecular weight excluding hydrogens is 296 g/mol. The van der Waals surface area contributed by atoms with Crippen molar-refractivity contribution in [3.8, 4) is 0 Å². The summed E-state index contributed by atoms with van der Waals surface area (Å²) >= 11 is 0. The van der Waals surface area contributed by atoms with Crippen LogP contribution in [0.2, 0.25) is 0 Å². The van der Waals surface area contributed by atoms with Gasteiger partial charge in [0.1, 0.15) is 0 Å². The van der Waals surface area contributed by atoms with E-state index in [4.69, 9.17) is 0 Å². The summed E-state index contributed by atoms with van der Waals surface area (Å²) in [5.74, 6) is 0.475. The van der Waals surface area contributed by atoms with Crippen LogP contribution < -0.4 is 5.32 Å². The average Bonchev–Trinajstić information content (AvgIpc) is 2.64. The topological polar surface area (TPSA) is 32.3 Å². The van der Waals surface area contributed by atoms with Crippen LogP contribution >= 0.6 is 0 Å². The first-order chi connectivity index (χ1) is 11.8. The van der Waals surface area contributed by atoms with Crippen molar-refractivity contribution < 1.29 is 4.79 Å². The lowest BCUT2D eigenvalue weighted by Crippen LogP contribution is -2.40. The highest BCUT2D eigenvalue weighted by Gasteiger charge is 2.24. The number of nitrogens with zero attached hydrogens (tertiary/aromatic N) is 1. The molecule has 0 atom stereocenters. The van der Waals surface area contributed by atoms with Gasteiger partial charge in [-0.15, -0.1) is 0 Å². The van der Waals surface area contributed by atoms with Gasteiger partial charge >= 0.3 is 0 Å². The normalized spacial score (nSPS) is 19.8. The van der Waals surface area contributed by atoms with E-state index in [-0.39, 0.29) is 11.8 Å². The molecule has 1 N–H and O–H groups in total. The van der Waals surface area contributed by atoms with E-state index in [1.807, 2.05) is 0 Å². The van der Waals surface area contributed by atoms with Crippen LogP contribution in [0.5, 0.6) is 0 Å². The Kier molecular flexibility index (Phi) is 6.48. The number of likely N-dealkylation sites (tertiary alicyclic amines) is 1. The molecule has 1 aliphatic carbocycles. The minimum atomic E-state index is 0.206. The van der Waals surface area contributed by atoms with Gasteiger partial charge in [0.25, 0.3) is 0 Å². The van der Waals surface area contributed by atoms with Crippen LogP contribution in [0.4, 0.5) is 0 Å². The molecule has 0 bridgehead atoms. The molecular formula is C21H30N2O. The fraction of sp³-hybridized carbons (Fsp3) is 0.571. The summed E-state index contributed by atoms with van der Waals surface area (Å²) in [6.45, 7) is 3.87. The van der Waals surface area contributed by atoms with Gasteiger partial charge in [-0.2, -0.15) is 0 Å². The van der Waals surface area contributed by atoms with Crippen LogP contribution in [0.15, 0.2) is 42.0 Å². The molecule has 1 amide bonds. The number of piperidine rings is 1. The van der Waals surface area contributed by atoms with Crippen LogP contribution in [-0.2, 0) is 11.3 Å². The predicted molar refractivity (Wildman–Crippen MR) is 98.6 cm³/mol. The molecule has 1 heterocycles. The first kappa shape index (κ1) is 17.2. The Hall–Kier alpha value is -1.61. The Labute approximate surface area is 146 Å². The molecule has 0 aromatic heterocycles. The van der Waals surface area contributed by atoms with Crippen molar-refractivity contribution in [1.82, 2.24) is 10.2 Å². The first-order valence-electron chi connectivity index (χ1n) is 9.53. The van der Waals surface area contributed by atoms with Crippen molar-refractivity contribution in [2.75, 3.05) is 19.6 Å². The van der Waals surface area contributed by atoms with Gasteiger partial charge in [0, 0.05) is 19.0 Å². The molecule has 0 radical (unpaired) electrons. The third kappa shape index (κ3) is 5.20. The van der Waals surface area contributed by atoms with E-state index in [0.29, 0.717) is 0 Å². The van der Waals surface area contributed by atoms with E-state index in [9.17, 15) is 4.79 Å². The maximum atomic E-state index is 12.4. The number of hydrogen-bond donors (Lipinski definition) is 1. The first-order valence-corrected chi connectivity index (χ1v) is 9.53. The number of amides is 1. The maximum Gasteiger partial charge on any atom is 0.223 e. The number of rotatable bonds is 6. The largest absolute Gasteiger partial charge is 0.356 e. The number of hydrogen-bond acceptors (Lipinski definition) is 2. The molecule has 2 aliphatic rings. The average molecular weight is 326 g/mol. The van der Waals surface area contributed by atoms with Gasteiger partial charge in [0.15, 0.2) is 0 Å². The van der Waals surface area contributed by atoms with Crippen molar-refractivity contribution in [3.05, 3.63) is 47.5 Å². The summed E-state index contributed by atoms with van der Waals surface area (Å²) in [7, 11) is 0. The standard InChI is InChI=1S/C21H30N2O/c24-21(22-14-11-18-7-3-1-4-8-18)20-12-15-23(16-13-20)17-19-9-5-2-6-10-19/h2,5-7,9-10,20H,1,3-4,8,11-17H2,(H,22,24). The number of allylic oxidation sites excluding steroid dienone is 1. The van der Waals surface area contributed by atoms with Crippen LogP contribution in [-0.4, -0.2) is 30.4 Å². The van der Waals surface area contributed by atoms with Gasteiger partial charge in [-0.1, -0.05) is 42.0 Å². The monoisotopic (exact) mass is 326 g/mol. The molecule has 1 fully saturated rings. The second-order valence-electron chi connectivity index (χ2n) is 7.19. The molecule has 3 rings (SSSR count). The van der Waals surface area contributed by atoms with E-state index < -0.39 is 0 Å². The number of carbonyl (C=O) groups is 1. The number of nitrogens with one attached hydrogen (secondary N) is 1. The summed E-state index contributed by atoms with van der Waals surface area (Å²) in [6.07, 6.45) is 10.5.